The Bertz CT molecular complexity index is 901. The third-order valence-electron chi connectivity index (χ3n) is 4.52. The molecule has 0 bridgehead atoms. The van der Waals surface area contributed by atoms with Gasteiger partial charge >= 0.3 is 11.9 Å². The summed E-state index contributed by atoms with van der Waals surface area (Å²) in [6.45, 7) is 3.27. The lowest BCUT2D eigenvalue weighted by Crippen LogP contribution is -2.45. The number of aliphatic carboxylic acids is 1. The lowest BCUT2D eigenvalue weighted by atomic mass is 9.99. The summed E-state index contributed by atoms with van der Waals surface area (Å²) < 4.78 is 42.1. The van der Waals surface area contributed by atoms with E-state index in [0.717, 1.165) is 12.2 Å². The highest BCUT2D eigenvalue weighted by atomic mass is 127. The smallest absolute Gasteiger partial charge is 0.338 e. The summed E-state index contributed by atoms with van der Waals surface area (Å²) in [5.41, 5.74) is 1.24. The molecule has 31 heavy (non-hydrogen) atoms. The molecule has 2 aromatic rings. The molecule has 0 radical (unpaired) electrons. The van der Waals surface area contributed by atoms with Gasteiger partial charge in [-0.1, -0.05) is 26.0 Å². The van der Waals surface area contributed by atoms with E-state index in [1.165, 1.54) is 23.8 Å². The van der Waals surface area contributed by atoms with E-state index in [2.05, 4.69) is 18.6 Å². The van der Waals surface area contributed by atoms with Gasteiger partial charge in [-0.3, -0.25) is 0 Å². The molecule has 1 unspecified atom stereocenters. The van der Waals surface area contributed by atoms with Crippen LogP contribution in [0.15, 0.2) is 42.5 Å². The minimum absolute atomic E-state index is 0.0106. The second kappa shape index (κ2) is 11.3. The number of rotatable bonds is 11. The van der Waals surface area contributed by atoms with E-state index in [0.29, 0.717) is 21.8 Å². The average molecular weight is 547 g/mol. The first kappa shape index (κ1) is 24.8. The number of hydrogen-bond acceptors (Lipinski definition) is 6. The van der Waals surface area contributed by atoms with E-state index in [4.69, 9.17) is 9.47 Å². The van der Waals surface area contributed by atoms with Gasteiger partial charge < -0.3 is 24.1 Å². The molecule has 9 heteroatoms. The first-order valence-electron chi connectivity index (χ1n) is 9.55. The van der Waals surface area contributed by atoms with Crippen molar-refractivity contribution < 1.29 is 37.7 Å². The van der Waals surface area contributed by atoms with Crippen molar-refractivity contribution in [2.75, 3.05) is 19.8 Å². The number of hydrogen-bond donors (Lipinski definition) is 0. The van der Waals surface area contributed by atoms with Crippen molar-refractivity contribution in [3.63, 3.8) is 0 Å². The molecule has 0 heterocycles. The Labute approximate surface area is 192 Å². The minimum atomic E-state index is -4.25. The molecule has 0 aromatic heterocycles. The second-order valence-corrected chi connectivity index (χ2v) is 7.95. The molecule has 0 aliphatic rings. The van der Waals surface area contributed by atoms with Crippen LogP contribution >= 0.6 is 22.6 Å². The molecule has 0 aliphatic heterocycles. The largest absolute Gasteiger partial charge is 0.544 e. The number of halogens is 3. The quantitative estimate of drug-likeness (QED) is 0.242. The number of benzene rings is 2. The van der Waals surface area contributed by atoms with Crippen LogP contribution in [-0.4, -0.2) is 37.7 Å². The van der Waals surface area contributed by atoms with E-state index in [-0.39, 0.29) is 12.2 Å². The summed E-state index contributed by atoms with van der Waals surface area (Å²) in [5.74, 6) is -6.22. The number of carboxylic acids is 1. The van der Waals surface area contributed by atoms with Gasteiger partial charge in [0.15, 0.2) is 6.61 Å². The maximum atomic E-state index is 13.0. The molecule has 6 nitrogen and oxygen atoms in total. The zero-order valence-corrected chi connectivity index (χ0v) is 19.2. The Morgan fingerprint density at radius 2 is 1.74 bits per heavy atom. The lowest BCUT2D eigenvalue weighted by Gasteiger charge is -2.17. The van der Waals surface area contributed by atoms with Crippen LogP contribution in [0.3, 0.4) is 0 Å². The van der Waals surface area contributed by atoms with Crippen LogP contribution in [0.4, 0.5) is 8.78 Å². The Morgan fingerprint density at radius 1 is 1.10 bits per heavy atom. The fraction of sp³-hybridized carbons (Fsp3) is 0.364. The number of carbonyl (C=O) groups is 2. The highest BCUT2D eigenvalue weighted by Gasteiger charge is 2.33. The summed E-state index contributed by atoms with van der Waals surface area (Å²) in [5, 5.41) is 10.3. The number of alkyl halides is 2. The first-order valence-corrected chi connectivity index (χ1v) is 10.6. The molecule has 0 spiro atoms. The van der Waals surface area contributed by atoms with Gasteiger partial charge in [0.2, 0.25) is 0 Å². The van der Waals surface area contributed by atoms with Gasteiger partial charge in [-0.15, -0.1) is 0 Å². The Hall–Kier alpha value is -2.43. The summed E-state index contributed by atoms with van der Waals surface area (Å²) in [6.07, 6.45) is 1.06. The third-order valence-corrected chi connectivity index (χ3v) is 5.36. The average Bonchev–Trinajstić information content (AvgIpc) is 2.75. The zero-order valence-electron chi connectivity index (χ0n) is 17.0. The number of esters is 1. The van der Waals surface area contributed by atoms with Crippen LogP contribution in [0.1, 0.15) is 42.1 Å². The Kier molecular flexibility index (Phi) is 9.02. The van der Waals surface area contributed by atoms with Crippen molar-refractivity contribution >= 4 is 34.5 Å². The normalized spacial score (nSPS) is 12.2. The zero-order chi connectivity index (χ0) is 23.0. The van der Waals surface area contributed by atoms with E-state index >= 15 is 0 Å². The molecule has 0 fully saturated rings. The molecule has 2 aromatic carbocycles. The third kappa shape index (κ3) is 7.34. The highest BCUT2D eigenvalue weighted by molar-refractivity contribution is 14.1. The van der Waals surface area contributed by atoms with Crippen molar-refractivity contribution in [3.8, 4) is 11.5 Å². The van der Waals surface area contributed by atoms with Crippen molar-refractivity contribution in [2.45, 2.75) is 32.1 Å². The maximum Gasteiger partial charge on any atom is 0.338 e. The minimum Gasteiger partial charge on any atom is -0.544 e. The Morgan fingerprint density at radius 3 is 2.32 bits per heavy atom. The molecule has 0 saturated carbocycles. The molecular weight excluding hydrogens is 525 g/mol. The fourth-order valence-corrected chi connectivity index (χ4v) is 3.15. The standard InChI is InChI=1S/C22H23F2IO6/c1-3-14(2)15-4-7-17(8-5-15)29-10-11-30-19-9-6-16(12-18(19)25)20(26)31-13-22(23,24)21(27)28/h4-9,12,14H,3,10-11,13H2,1-2H3,(H,27,28)/p-1. The van der Waals surface area contributed by atoms with Gasteiger partial charge in [-0.25, -0.2) is 4.79 Å². The maximum absolute atomic E-state index is 13.0. The van der Waals surface area contributed by atoms with Gasteiger partial charge in [0.25, 0.3) is 0 Å². The van der Waals surface area contributed by atoms with Crippen molar-refractivity contribution in [3.05, 3.63) is 57.2 Å². The summed E-state index contributed by atoms with van der Waals surface area (Å²) in [6, 6.07) is 12.1. The summed E-state index contributed by atoms with van der Waals surface area (Å²) in [4.78, 5) is 22.1. The number of carbonyl (C=O) groups excluding carboxylic acids is 2. The SMILES string of the molecule is CCC(C)c1ccc(OCCOc2ccc(C(=O)OCC(F)(F)C(=O)[O-])cc2I)cc1. The second-order valence-electron chi connectivity index (χ2n) is 6.79. The highest BCUT2D eigenvalue weighted by Crippen LogP contribution is 2.24. The molecule has 0 aliphatic carbocycles. The van der Waals surface area contributed by atoms with Gasteiger partial charge in [0.05, 0.1) is 9.13 Å². The summed E-state index contributed by atoms with van der Waals surface area (Å²) in [7, 11) is 0. The van der Waals surface area contributed by atoms with Gasteiger partial charge in [0.1, 0.15) is 30.7 Å². The van der Waals surface area contributed by atoms with Gasteiger partial charge in [-0.2, -0.15) is 8.78 Å². The topological polar surface area (TPSA) is 84.9 Å². The first-order chi connectivity index (χ1) is 14.6. The van der Waals surface area contributed by atoms with E-state index in [9.17, 15) is 23.5 Å². The van der Waals surface area contributed by atoms with Crippen LogP contribution in [0, 0.1) is 3.57 Å². The van der Waals surface area contributed by atoms with Crippen molar-refractivity contribution in [1.29, 1.82) is 0 Å². The number of carboxylic acid groups (broad SMARTS) is 1. The molecule has 168 valence electrons. The Balaban J connectivity index is 1.83. The van der Waals surface area contributed by atoms with Crippen LogP contribution in [0.5, 0.6) is 11.5 Å². The predicted octanol–water partition coefficient (Wildman–Crippen LogP) is 3.80. The number of ether oxygens (including phenoxy) is 3. The molecule has 0 amide bonds. The molecule has 1 atom stereocenters. The molecule has 0 saturated heterocycles. The molecule has 0 N–H and O–H groups in total. The monoisotopic (exact) mass is 547 g/mol. The summed E-state index contributed by atoms with van der Waals surface area (Å²) >= 11 is 1.93. The van der Waals surface area contributed by atoms with E-state index in [1.54, 1.807) is 0 Å². The van der Waals surface area contributed by atoms with Crippen LogP contribution in [0.2, 0.25) is 0 Å². The fourth-order valence-electron chi connectivity index (χ4n) is 2.48. The predicted molar refractivity (Wildman–Crippen MR) is 116 cm³/mol. The van der Waals surface area contributed by atoms with Crippen LogP contribution < -0.4 is 14.6 Å². The molecular formula is C22H22F2IO6-. The van der Waals surface area contributed by atoms with Crippen molar-refractivity contribution in [2.24, 2.45) is 0 Å². The van der Waals surface area contributed by atoms with Gasteiger partial charge in [-0.05, 0) is 70.8 Å². The lowest BCUT2D eigenvalue weighted by molar-refractivity contribution is -0.331. The van der Waals surface area contributed by atoms with E-state index in [1.807, 2.05) is 46.9 Å². The van der Waals surface area contributed by atoms with Gasteiger partial charge in [0, 0.05) is 0 Å². The van der Waals surface area contributed by atoms with Crippen molar-refractivity contribution in [1.82, 2.24) is 0 Å². The van der Waals surface area contributed by atoms with E-state index < -0.39 is 24.5 Å². The molecule has 2 rings (SSSR count). The van der Waals surface area contributed by atoms with Crippen LogP contribution in [-0.2, 0) is 9.53 Å². The van der Waals surface area contributed by atoms with Crippen LogP contribution in [0.25, 0.3) is 0 Å².